The van der Waals surface area contributed by atoms with Crippen molar-refractivity contribution in [3.63, 3.8) is 0 Å². The molecule has 56 valence electrons. The van der Waals surface area contributed by atoms with Crippen molar-refractivity contribution in [3.8, 4) is 0 Å². The highest BCUT2D eigenvalue weighted by Gasteiger charge is 2.21. The van der Waals surface area contributed by atoms with Crippen LogP contribution in [0.15, 0.2) is 24.8 Å². The predicted octanol–water partition coefficient (Wildman–Crippen LogP) is 2.97. The smallest absolute Gasteiger partial charge is 0.0343 e. The Hall–Kier alpha value is -0.170. The molecule has 10 heavy (non-hydrogen) atoms. The second-order valence-electron chi connectivity index (χ2n) is 2.89. The van der Waals surface area contributed by atoms with Gasteiger partial charge in [-0.05, 0) is 25.7 Å². The maximum absolute atomic E-state index is 4.57. The van der Waals surface area contributed by atoms with Gasteiger partial charge in [0.25, 0.3) is 0 Å². The maximum Gasteiger partial charge on any atom is 0.0343 e. The molecule has 0 radical (unpaired) electrons. The van der Waals surface area contributed by atoms with Gasteiger partial charge in [0.1, 0.15) is 0 Å². The van der Waals surface area contributed by atoms with Gasteiger partial charge in [0.15, 0.2) is 0 Å². The van der Waals surface area contributed by atoms with Gasteiger partial charge in [-0.2, -0.15) is 12.6 Å². The largest absolute Gasteiger partial charge is 0.168 e. The number of thiol groups is 1. The van der Waals surface area contributed by atoms with Crippen LogP contribution in [0, 0.1) is 0 Å². The van der Waals surface area contributed by atoms with Gasteiger partial charge in [-0.1, -0.05) is 18.2 Å². The van der Waals surface area contributed by atoms with E-state index in [0.29, 0.717) is 0 Å². The molecular weight excluding hydrogens is 140 g/mol. The first-order valence-electron chi connectivity index (χ1n) is 3.78. The van der Waals surface area contributed by atoms with E-state index in [4.69, 9.17) is 0 Å². The molecule has 0 unspecified atom stereocenters. The van der Waals surface area contributed by atoms with Gasteiger partial charge in [0.05, 0.1) is 0 Å². The van der Waals surface area contributed by atoms with Crippen LogP contribution in [0.5, 0.6) is 0 Å². The van der Waals surface area contributed by atoms with Crippen LogP contribution in [0.3, 0.4) is 0 Å². The van der Waals surface area contributed by atoms with Crippen molar-refractivity contribution in [1.29, 1.82) is 0 Å². The van der Waals surface area contributed by atoms with E-state index in [1.165, 1.54) is 19.3 Å². The van der Waals surface area contributed by atoms with E-state index in [-0.39, 0.29) is 4.75 Å². The van der Waals surface area contributed by atoms with Crippen LogP contribution < -0.4 is 0 Å². The fourth-order valence-electron chi connectivity index (χ4n) is 1.33. The molecule has 0 heterocycles. The van der Waals surface area contributed by atoms with E-state index >= 15 is 0 Å². The Morgan fingerprint density at radius 1 is 1.70 bits per heavy atom. The van der Waals surface area contributed by atoms with Crippen LogP contribution in [-0.4, -0.2) is 4.75 Å². The summed E-state index contributed by atoms with van der Waals surface area (Å²) < 4.78 is 0.125. The van der Waals surface area contributed by atoms with Crippen molar-refractivity contribution in [1.82, 2.24) is 0 Å². The Labute approximate surface area is 68.4 Å². The summed E-state index contributed by atoms with van der Waals surface area (Å²) in [5, 5.41) is 0. The highest BCUT2D eigenvalue weighted by atomic mass is 32.1. The summed E-state index contributed by atoms with van der Waals surface area (Å²) >= 11 is 4.57. The van der Waals surface area contributed by atoms with Gasteiger partial charge in [-0.3, -0.25) is 0 Å². The van der Waals surface area contributed by atoms with Crippen LogP contribution in [0.2, 0.25) is 0 Å². The molecule has 0 saturated heterocycles. The number of rotatable bonds is 2. The lowest BCUT2D eigenvalue weighted by molar-refractivity contribution is 0.594. The highest BCUT2D eigenvalue weighted by Crippen LogP contribution is 2.31. The molecule has 0 spiro atoms. The molecule has 1 aliphatic carbocycles. The topological polar surface area (TPSA) is 0 Å². The Morgan fingerprint density at radius 3 is 3.00 bits per heavy atom. The van der Waals surface area contributed by atoms with E-state index in [2.05, 4.69) is 31.4 Å². The molecule has 0 bridgehead atoms. The van der Waals surface area contributed by atoms with E-state index in [0.717, 1.165) is 6.42 Å². The molecule has 0 saturated carbocycles. The van der Waals surface area contributed by atoms with Crippen molar-refractivity contribution in [2.45, 2.75) is 30.4 Å². The maximum atomic E-state index is 4.57. The van der Waals surface area contributed by atoms with Crippen molar-refractivity contribution in [2.24, 2.45) is 0 Å². The first kappa shape index (κ1) is 7.93. The third-order valence-electron chi connectivity index (χ3n) is 1.91. The van der Waals surface area contributed by atoms with Gasteiger partial charge in [0, 0.05) is 4.75 Å². The Bertz CT molecular complexity index is 149. The molecule has 0 aromatic carbocycles. The zero-order valence-electron chi connectivity index (χ0n) is 6.21. The molecule has 0 nitrogen and oxygen atoms in total. The van der Waals surface area contributed by atoms with Crippen LogP contribution in [-0.2, 0) is 0 Å². The molecule has 1 rings (SSSR count). The average molecular weight is 154 g/mol. The van der Waals surface area contributed by atoms with Gasteiger partial charge in [-0.15, -0.1) is 6.58 Å². The Kier molecular flexibility index (Phi) is 2.61. The molecule has 1 aliphatic rings. The molecule has 0 fully saturated rings. The third kappa shape index (κ3) is 1.91. The monoisotopic (exact) mass is 154 g/mol. The third-order valence-corrected chi connectivity index (χ3v) is 2.46. The quantitative estimate of drug-likeness (QED) is 0.459. The first-order valence-corrected chi connectivity index (χ1v) is 4.22. The van der Waals surface area contributed by atoms with Crippen LogP contribution >= 0.6 is 12.6 Å². The lowest BCUT2D eigenvalue weighted by Crippen LogP contribution is -2.19. The van der Waals surface area contributed by atoms with Crippen molar-refractivity contribution in [2.75, 3.05) is 0 Å². The van der Waals surface area contributed by atoms with Crippen molar-refractivity contribution >= 4 is 12.6 Å². The van der Waals surface area contributed by atoms with Gasteiger partial charge >= 0.3 is 0 Å². The molecule has 1 atom stereocenters. The summed E-state index contributed by atoms with van der Waals surface area (Å²) in [6.07, 6.45) is 11.1. The molecule has 0 aromatic heterocycles. The van der Waals surface area contributed by atoms with Crippen LogP contribution in [0.4, 0.5) is 0 Å². The predicted molar refractivity (Wildman–Crippen MR) is 49.5 cm³/mol. The zero-order chi connectivity index (χ0) is 7.45. The number of hydrogen-bond acceptors (Lipinski definition) is 1. The Morgan fingerprint density at radius 2 is 2.50 bits per heavy atom. The summed E-state index contributed by atoms with van der Waals surface area (Å²) in [7, 11) is 0. The fourth-order valence-corrected chi connectivity index (χ4v) is 1.72. The van der Waals surface area contributed by atoms with E-state index in [1.54, 1.807) is 0 Å². The average Bonchev–Trinajstić information content (AvgIpc) is 1.89. The normalized spacial score (nSPS) is 32.1. The number of hydrogen-bond donors (Lipinski definition) is 1. The van der Waals surface area contributed by atoms with Crippen LogP contribution in [0.25, 0.3) is 0 Å². The zero-order valence-corrected chi connectivity index (χ0v) is 7.11. The van der Waals surface area contributed by atoms with E-state index in [9.17, 15) is 0 Å². The minimum absolute atomic E-state index is 0.125. The molecule has 1 heteroatoms. The van der Waals surface area contributed by atoms with Crippen LogP contribution in [0.1, 0.15) is 25.7 Å². The minimum atomic E-state index is 0.125. The van der Waals surface area contributed by atoms with Crippen molar-refractivity contribution in [3.05, 3.63) is 24.8 Å². The van der Waals surface area contributed by atoms with Gasteiger partial charge in [0.2, 0.25) is 0 Å². The lowest BCUT2D eigenvalue weighted by Gasteiger charge is -2.26. The molecule has 0 aromatic rings. The van der Waals surface area contributed by atoms with Crippen molar-refractivity contribution < 1.29 is 0 Å². The van der Waals surface area contributed by atoms with E-state index in [1.807, 2.05) is 6.08 Å². The summed E-state index contributed by atoms with van der Waals surface area (Å²) in [4.78, 5) is 0. The summed E-state index contributed by atoms with van der Waals surface area (Å²) in [6.45, 7) is 3.72. The van der Waals surface area contributed by atoms with Gasteiger partial charge in [-0.25, -0.2) is 0 Å². The first-order chi connectivity index (χ1) is 4.77. The standard InChI is InChI=1S/C9H14S/c1-2-6-9(10)7-4-3-5-8-9/h2,4,7,10H,1,3,5-6,8H2/t9-/m1/s1. The summed E-state index contributed by atoms with van der Waals surface area (Å²) in [6, 6.07) is 0. The molecular formula is C9H14S. The fraction of sp³-hybridized carbons (Fsp3) is 0.556. The highest BCUT2D eigenvalue weighted by molar-refractivity contribution is 7.82. The number of allylic oxidation sites excluding steroid dienone is 2. The minimum Gasteiger partial charge on any atom is -0.168 e. The Balaban J connectivity index is 2.56. The van der Waals surface area contributed by atoms with E-state index < -0.39 is 0 Å². The molecule has 0 amide bonds. The second kappa shape index (κ2) is 3.29. The SMILES string of the molecule is C=CC[C@@]1(S)C=CCCC1. The lowest BCUT2D eigenvalue weighted by atomic mass is 9.92. The molecule has 0 N–H and O–H groups in total. The molecule has 0 aliphatic heterocycles. The summed E-state index contributed by atoms with van der Waals surface area (Å²) in [5.41, 5.74) is 0. The van der Waals surface area contributed by atoms with Gasteiger partial charge < -0.3 is 0 Å². The second-order valence-corrected chi connectivity index (χ2v) is 3.78. The summed E-state index contributed by atoms with van der Waals surface area (Å²) in [5.74, 6) is 0.